The maximum absolute atomic E-state index is 11.9. The van der Waals surface area contributed by atoms with E-state index in [2.05, 4.69) is 27.4 Å². The van der Waals surface area contributed by atoms with Crippen LogP contribution in [0.25, 0.3) is 10.2 Å². The minimum Gasteiger partial charge on any atom is -0.489 e. The van der Waals surface area contributed by atoms with Crippen LogP contribution in [-0.2, 0) is 4.79 Å². The molecule has 0 aliphatic rings. The smallest absolute Gasteiger partial charge is 0.259 e. The van der Waals surface area contributed by atoms with Gasteiger partial charge in [-0.1, -0.05) is 48.3 Å². The topological polar surface area (TPSA) is 75.6 Å². The molecule has 0 aliphatic heterocycles. The van der Waals surface area contributed by atoms with Crippen molar-refractivity contribution in [1.82, 2.24) is 10.4 Å². The molecular weight excluding hydrogens is 348 g/mol. The van der Waals surface area contributed by atoms with Crippen LogP contribution in [0.4, 0.5) is 5.13 Å². The normalized spacial score (nSPS) is 10.8. The number of thiazole rings is 1. The Balaban J connectivity index is 1.52. The average Bonchev–Trinajstić information content (AvgIpc) is 3.08. The molecule has 6 nitrogen and oxygen atoms in total. The molecule has 7 heteroatoms. The predicted molar refractivity (Wildman–Crippen MR) is 106 cm³/mol. The fourth-order valence-electron chi connectivity index (χ4n) is 2.18. The van der Waals surface area contributed by atoms with Gasteiger partial charge in [0.1, 0.15) is 12.4 Å². The highest BCUT2D eigenvalue weighted by Gasteiger charge is 2.05. The summed E-state index contributed by atoms with van der Waals surface area (Å²) in [5.74, 6) is 0.419. The SMILES string of the molecule is C=CCOc1ccccc1/C=N\NC(=O)CNc1nc2ccccc2s1. The van der Waals surface area contributed by atoms with Crippen LogP contribution in [-0.4, -0.2) is 30.3 Å². The summed E-state index contributed by atoms with van der Waals surface area (Å²) in [6.07, 6.45) is 3.22. The van der Waals surface area contributed by atoms with Crippen molar-refractivity contribution in [2.24, 2.45) is 5.10 Å². The van der Waals surface area contributed by atoms with Gasteiger partial charge in [-0.05, 0) is 24.3 Å². The lowest BCUT2D eigenvalue weighted by Gasteiger charge is -2.06. The van der Waals surface area contributed by atoms with Crippen molar-refractivity contribution in [3.05, 3.63) is 66.7 Å². The average molecular weight is 366 g/mol. The van der Waals surface area contributed by atoms with E-state index in [0.717, 1.165) is 15.8 Å². The van der Waals surface area contributed by atoms with Crippen molar-refractivity contribution >= 4 is 38.8 Å². The lowest BCUT2D eigenvalue weighted by molar-refractivity contribution is -0.119. The van der Waals surface area contributed by atoms with Gasteiger partial charge in [-0.2, -0.15) is 5.10 Å². The quantitative estimate of drug-likeness (QED) is 0.364. The summed E-state index contributed by atoms with van der Waals surface area (Å²) in [7, 11) is 0. The van der Waals surface area contributed by atoms with Crippen molar-refractivity contribution in [3.63, 3.8) is 0 Å². The van der Waals surface area contributed by atoms with E-state index in [1.165, 1.54) is 11.3 Å². The Morgan fingerprint density at radius 3 is 2.88 bits per heavy atom. The van der Waals surface area contributed by atoms with Gasteiger partial charge in [0.05, 0.1) is 23.0 Å². The molecule has 0 spiro atoms. The number of hydrazone groups is 1. The van der Waals surface area contributed by atoms with Crippen LogP contribution >= 0.6 is 11.3 Å². The number of benzene rings is 2. The number of hydrogen-bond donors (Lipinski definition) is 2. The summed E-state index contributed by atoms with van der Waals surface area (Å²) >= 11 is 1.50. The third-order valence-electron chi connectivity index (χ3n) is 3.36. The fraction of sp³-hybridized carbons (Fsp3) is 0.105. The van der Waals surface area contributed by atoms with E-state index in [9.17, 15) is 4.79 Å². The molecule has 0 unspecified atom stereocenters. The molecule has 0 fully saturated rings. The molecule has 2 aromatic carbocycles. The van der Waals surface area contributed by atoms with Crippen molar-refractivity contribution in [3.8, 4) is 5.75 Å². The van der Waals surface area contributed by atoms with Crippen LogP contribution in [0.5, 0.6) is 5.75 Å². The predicted octanol–water partition coefficient (Wildman–Crippen LogP) is 3.42. The van der Waals surface area contributed by atoms with Gasteiger partial charge in [0.25, 0.3) is 5.91 Å². The summed E-state index contributed by atoms with van der Waals surface area (Å²) in [5.41, 5.74) is 4.17. The Labute approximate surface area is 155 Å². The van der Waals surface area contributed by atoms with Crippen LogP contribution in [0.2, 0.25) is 0 Å². The van der Waals surface area contributed by atoms with Crippen LogP contribution in [0.15, 0.2) is 66.3 Å². The van der Waals surface area contributed by atoms with Crippen LogP contribution in [0.3, 0.4) is 0 Å². The first-order valence-corrected chi connectivity index (χ1v) is 8.82. The third-order valence-corrected chi connectivity index (χ3v) is 4.36. The Kier molecular flexibility index (Phi) is 5.95. The molecular formula is C19H18N4O2S. The fourth-order valence-corrected chi connectivity index (χ4v) is 3.05. The van der Waals surface area contributed by atoms with Gasteiger partial charge >= 0.3 is 0 Å². The highest BCUT2D eigenvalue weighted by molar-refractivity contribution is 7.22. The number of carbonyl (C=O) groups excluding carboxylic acids is 1. The number of nitrogens with one attached hydrogen (secondary N) is 2. The van der Waals surface area contributed by atoms with Crippen molar-refractivity contribution in [2.75, 3.05) is 18.5 Å². The van der Waals surface area contributed by atoms with Crippen molar-refractivity contribution in [1.29, 1.82) is 0 Å². The molecule has 2 N–H and O–H groups in total. The highest BCUT2D eigenvalue weighted by atomic mass is 32.1. The van der Waals surface area contributed by atoms with Gasteiger partial charge in [-0.25, -0.2) is 10.4 Å². The standard InChI is InChI=1S/C19H18N4O2S/c1-2-11-25-16-9-5-3-7-14(16)12-21-23-18(24)13-20-19-22-15-8-4-6-10-17(15)26-19/h2-10,12H,1,11,13H2,(H,20,22)(H,23,24)/b21-12-. The van der Waals surface area contributed by atoms with E-state index in [1.54, 1.807) is 12.3 Å². The Morgan fingerprint density at radius 1 is 1.23 bits per heavy atom. The van der Waals surface area contributed by atoms with E-state index in [-0.39, 0.29) is 12.5 Å². The molecule has 3 rings (SSSR count). The minimum atomic E-state index is -0.259. The van der Waals surface area contributed by atoms with E-state index in [0.29, 0.717) is 17.5 Å². The number of para-hydroxylation sites is 2. The number of ether oxygens (including phenoxy) is 1. The lowest BCUT2D eigenvalue weighted by atomic mass is 10.2. The van der Waals surface area contributed by atoms with Crippen LogP contribution < -0.4 is 15.5 Å². The first-order valence-electron chi connectivity index (χ1n) is 8.00. The number of nitrogens with zero attached hydrogens (tertiary/aromatic N) is 2. The number of hydrogen-bond acceptors (Lipinski definition) is 6. The Bertz CT molecular complexity index is 903. The van der Waals surface area contributed by atoms with Crippen molar-refractivity contribution in [2.45, 2.75) is 0 Å². The van der Waals surface area contributed by atoms with Crippen LogP contribution in [0.1, 0.15) is 5.56 Å². The molecule has 0 saturated carbocycles. The Hall–Kier alpha value is -3.19. The second-order valence-electron chi connectivity index (χ2n) is 5.27. The molecule has 0 radical (unpaired) electrons. The number of rotatable bonds is 8. The number of anilines is 1. The van der Waals surface area contributed by atoms with E-state index >= 15 is 0 Å². The molecule has 0 bridgehead atoms. The van der Waals surface area contributed by atoms with E-state index < -0.39 is 0 Å². The van der Waals surface area contributed by atoms with Gasteiger partial charge in [0.2, 0.25) is 0 Å². The maximum Gasteiger partial charge on any atom is 0.259 e. The van der Waals surface area contributed by atoms with Gasteiger partial charge < -0.3 is 10.1 Å². The summed E-state index contributed by atoms with van der Waals surface area (Å²) in [4.78, 5) is 16.3. The third kappa shape index (κ3) is 4.67. The monoisotopic (exact) mass is 366 g/mol. The molecule has 0 saturated heterocycles. The molecule has 3 aromatic rings. The van der Waals surface area contributed by atoms with E-state index in [1.807, 2.05) is 48.5 Å². The molecule has 1 heterocycles. The number of aromatic nitrogens is 1. The summed E-state index contributed by atoms with van der Waals surface area (Å²) in [6, 6.07) is 15.3. The van der Waals surface area contributed by atoms with Gasteiger partial charge in [-0.15, -0.1) is 0 Å². The maximum atomic E-state index is 11.9. The molecule has 0 atom stereocenters. The second kappa shape index (κ2) is 8.77. The van der Waals surface area contributed by atoms with Gasteiger partial charge in [-0.3, -0.25) is 4.79 Å². The molecule has 0 aliphatic carbocycles. The largest absolute Gasteiger partial charge is 0.489 e. The van der Waals surface area contributed by atoms with E-state index in [4.69, 9.17) is 4.74 Å². The first kappa shape index (κ1) is 17.6. The minimum absolute atomic E-state index is 0.0891. The van der Waals surface area contributed by atoms with Crippen molar-refractivity contribution < 1.29 is 9.53 Å². The summed E-state index contributed by atoms with van der Waals surface area (Å²) in [6.45, 7) is 4.12. The van der Waals surface area contributed by atoms with Gasteiger partial charge in [0.15, 0.2) is 5.13 Å². The number of carbonyl (C=O) groups is 1. The van der Waals surface area contributed by atoms with Gasteiger partial charge in [0, 0.05) is 5.56 Å². The van der Waals surface area contributed by atoms with Crippen LogP contribution in [0, 0.1) is 0 Å². The zero-order valence-corrected chi connectivity index (χ0v) is 14.8. The zero-order valence-electron chi connectivity index (χ0n) is 14.0. The summed E-state index contributed by atoms with van der Waals surface area (Å²) < 4.78 is 6.61. The highest BCUT2D eigenvalue weighted by Crippen LogP contribution is 2.24. The number of amides is 1. The summed E-state index contributed by atoms with van der Waals surface area (Å²) in [5, 5.41) is 7.69. The molecule has 26 heavy (non-hydrogen) atoms. The Morgan fingerprint density at radius 2 is 2.04 bits per heavy atom. The zero-order chi connectivity index (χ0) is 18.2. The lowest BCUT2D eigenvalue weighted by Crippen LogP contribution is -2.25. The second-order valence-corrected chi connectivity index (χ2v) is 6.30. The molecule has 1 amide bonds. The number of fused-ring (bicyclic) bond motifs is 1. The molecule has 132 valence electrons. The first-order chi connectivity index (χ1) is 12.8. The molecule has 1 aromatic heterocycles.